The molecule has 1 atom stereocenters. The fourth-order valence-electron chi connectivity index (χ4n) is 3.41. The van der Waals surface area contributed by atoms with Gasteiger partial charge in [0, 0.05) is 29.8 Å². The molecule has 0 bridgehead atoms. The van der Waals surface area contributed by atoms with Gasteiger partial charge in [0.25, 0.3) is 0 Å². The largest absolute Gasteiger partial charge is 0.489 e. The highest BCUT2D eigenvalue weighted by atomic mass is 16.5. The van der Waals surface area contributed by atoms with Crippen LogP contribution in [0, 0.1) is 0 Å². The second kappa shape index (κ2) is 7.82. The minimum absolute atomic E-state index is 0.0950. The summed E-state index contributed by atoms with van der Waals surface area (Å²) < 4.78 is 7.98. The van der Waals surface area contributed by atoms with Gasteiger partial charge in [-0.25, -0.2) is 9.67 Å². The number of hydrogen-bond acceptors (Lipinski definition) is 4. The van der Waals surface area contributed by atoms with Gasteiger partial charge < -0.3 is 9.64 Å². The number of pyridine rings is 1. The van der Waals surface area contributed by atoms with Gasteiger partial charge in [-0.3, -0.25) is 0 Å². The van der Waals surface area contributed by atoms with Crippen LogP contribution in [0.4, 0.5) is 0 Å². The molecule has 2 heterocycles. The second-order valence-electron chi connectivity index (χ2n) is 7.19. The number of ether oxygens (including phenoxy) is 1. The number of rotatable bonds is 6. The maximum Gasteiger partial charge on any atom is 0.163 e. The summed E-state index contributed by atoms with van der Waals surface area (Å²) in [6, 6.07) is 22.2. The molecule has 0 N–H and O–H groups in total. The van der Waals surface area contributed by atoms with Crippen molar-refractivity contribution in [2.24, 2.45) is 0 Å². The van der Waals surface area contributed by atoms with Crippen LogP contribution < -0.4 is 4.74 Å². The molecule has 4 aromatic rings. The van der Waals surface area contributed by atoms with Crippen molar-refractivity contribution in [3.63, 3.8) is 0 Å². The molecular formula is C23H24N4O. The van der Waals surface area contributed by atoms with Crippen LogP contribution in [0.5, 0.6) is 5.75 Å². The highest BCUT2D eigenvalue weighted by Crippen LogP contribution is 2.29. The van der Waals surface area contributed by atoms with Crippen LogP contribution in [0.2, 0.25) is 0 Å². The maximum atomic E-state index is 6.09. The Labute approximate surface area is 165 Å². The Hall–Kier alpha value is -3.18. The van der Waals surface area contributed by atoms with E-state index in [0.29, 0.717) is 0 Å². The van der Waals surface area contributed by atoms with Gasteiger partial charge in [-0.2, -0.15) is 5.10 Å². The van der Waals surface area contributed by atoms with E-state index < -0.39 is 0 Å². The molecule has 28 heavy (non-hydrogen) atoms. The number of likely N-dealkylation sites (N-methyl/N-ethyl adjacent to an activating group) is 1. The van der Waals surface area contributed by atoms with Crippen LogP contribution in [-0.4, -0.2) is 46.4 Å². The summed E-state index contributed by atoms with van der Waals surface area (Å²) in [5, 5.41) is 5.92. The van der Waals surface area contributed by atoms with E-state index in [2.05, 4.69) is 35.0 Å². The second-order valence-corrected chi connectivity index (χ2v) is 7.19. The van der Waals surface area contributed by atoms with Crippen molar-refractivity contribution in [1.82, 2.24) is 19.7 Å². The molecular weight excluding hydrogens is 348 g/mol. The molecule has 2 aromatic heterocycles. The van der Waals surface area contributed by atoms with Gasteiger partial charge in [-0.1, -0.05) is 36.4 Å². The van der Waals surface area contributed by atoms with E-state index in [9.17, 15) is 0 Å². The molecule has 0 aliphatic carbocycles. The monoisotopic (exact) mass is 372 g/mol. The normalized spacial score (nSPS) is 12.4. The summed E-state index contributed by atoms with van der Waals surface area (Å²) in [6.45, 7) is 2.93. The van der Waals surface area contributed by atoms with Crippen molar-refractivity contribution in [3.8, 4) is 22.7 Å². The smallest absolute Gasteiger partial charge is 0.163 e. The molecule has 142 valence electrons. The fourth-order valence-corrected chi connectivity index (χ4v) is 3.41. The van der Waals surface area contributed by atoms with Crippen molar-refractivity contribution in [2.75, 3.05) is 20.6 Å². The van der Waals surface area contributed by atoms with E-state index in [1.54, 1.807) is 6.20 Å². The lowest BCUT2D eigenvalue weighted by atomic mass is 10.1. The molecule has 1 unspecified atom stereocenters. The van der Waals surface area contributed by atoms with Gasteiger partial charge in [0.15, 0.2) is 5.65 Å². The molecule has 4 rings (SSSR count). The molecule has 0 saturated carbocycles. The number of aromatic nitrogens is 3. The molecule has 0 amide bonds. The lowest BCUT2D eigenvalue weighted by Gasteiger charge is -2.19. The highest BCUT2D eigenvalue weighted by molar-refractivity contribution is 5.91. The van der Waals surface area contributed by atoms with Crippen molar-refractivity contribution in [2.45, 2.75) is 13.0 Å². The Bertz CT molecular complexity index is 1070. The van der Waals surface area contributed by atoms with Crippen molar-refractivity contribution >= 4 is 11.0 Å². The zero-order valence-electron chi connectivity index (χ0n) is 16.4. The first-order valence-electron chi connectivity index (χ1n) is 9.43. The third-order valence-corrected chi connectivity index (χ3v) is 4.51. The van der Waals surface area contributed by atoms with Crippen LogP contribution in [0.25, 0.3) is 28.0 Å². The molecule has 0 fully saturated rings. The molecule has 0 spiro atoms. The van der Waals surface area contributed by atoms with Crippen LogP contribution in [0.15, 0.2) is 72.9 Å². The van der Waals surface area contributed by atoms with E-state index in [1.165, 1.54) is 0 Å². The predicted octanol–water partition coefficient (Wildman–Crippen LogP) is 4.42. The quantitative estimate of drug-likeness (QED) is 0.503. The van der Waals surface area contributed by atoms with E-state index in [-0.39, 0.29) is 6.10 Å². The van der Waals surface area contributed by atoms with Gasteiger partial charge in [0.2, 0.25) is 0 Å². The highest BCUT2D eigenvalue weighted by Gasteiger charge is 2.15. The summed E-state index contributed by atoms with van der Waals surface area (Å²) in [7, 11) is 4.09. The topological polar surface area (TPSA) is 43.2 Å². The summed E-state index contributed by atoms with van der Waals surface area (Å²) in [5.74, 6) is 0.827. The average Bonchev–Trinajstić information content (AvgIpc) is 3.08. The van der Waals surface area contributed by atoms with Crippen LogP contribution in [-0.2, 0) is 0 Å². The SMILES string of the molecule is CC(CN(C)C)Oc1cccc(-n2nc(-c3ccccc3)c3cccnc32)c1. The average molecular weight is 372 g/mol. The molecule has 5 heteroatoms. The van der Waals surface area contributed by atoms with Crippen LogP contribution >= 0.6 is 0 Å². The Morgan fingerprint density at radius 2 is 1.82 bits per heavy atom. The van der Waals surface area contributed by atoms with Gasteiger partial charge in [-0.15, -0.1) is 0 Å². The molecule has 0 aliphatic heterocycles. The number of benzene rings is 2. The van der Waals surface area contributed by atoms with Gasteiger partial charge in [0.1, 0.15) is 17.5 Å². The molecule has 0 radical (unpaired) electrons. The number of nitrogens with zero attached hydrogens (tertiary/aromatic N) is 4. The van der Waals surface area contributed by atoms with Gasteiger partial charge >= 0.3 is 0 Å². The number of hydrogen-bond donors (Lipinski definition) is 0. The van der Waals surface area contributed by atoms with E-state index >= 15 is 0 Å². The lowest BCUT2D eigenvalue weighted by Crippen LogP contribution is -2.27. The van der Waals surface area contributed by atoms with E-state index in [4.69, 9.17) is 9.84 Å². The third kappa shape index (κ3) is 3.75. The maximum absolute atomic E-state index is 6.09. The van der Waals surface area contributed by atoms with Crippen molar-refractivity contribution < 1.29 is 4.74 Å². The summed E-state index contributed by atoms with van der Waals surface area (Å²) >= 11 is 0. The molecule has 0 saturated heterocycles. The lowest BCUT2D eigenvalue weighted by molar-refractivity contribution is 0.177. The first kappa shape index (κ1) is 18.2. The number of fused-ring (bicyclic) bond motifs is 1. The van der Waals surface area contributed by atoms with E-state index in [0.717, 1.165) is 40.3 Å². The Balaban J connectivity index is 1.75. The molecule has 2 aromatic carbocycles. The zero-order chi connectivity index (χ0) is 19.5. The minimum atomic E-state index is 0.0950. The first-order chi connectivity index (χ1) is 13.6. The van der Waals surface area contributed by atoms with E-state index in [1.807, 2.05) is 67.3 Å². The summed E-state index contributed by atoms with van der Waals surface area (Å²) in [4.78, 5) is 6.70. The minimum Gasteiger partial charge on any atom is -0.489 e. The Morgan fingerprint density at radius 1 is 1.00 bits per heavy atom. The predicted molar refractivity (Wildman–Crippen MR) is 113 cm³/mol. The summed E-state index contributed by atoms with van der Waals surface area (Å²) in [6.07, 6.45) is 1.90. The summed E-state index contributed by atoms with van der Waals surface area (Å²) in [5.41, 5.74) is 3.77. The van der Waals surface area contributed by atoms with Crippen LogP contribution in [0.1, 0.15) is 6.92 Å². The standard InChI is InChI=1S/C23H24N4O/c1-17(16-26(2)3)28-20-12-7-11-19(15-20)27-23-21(13-8-14-24-23)22(25-27)18-9-5-4-6-10-18/h4-15,17H,16H2,1-3H3. The Morgan fingerprint density at radius 3 is 2.61 bits per heavy atom. The first-order valence-corrected chi connectivity index (χ1v) is 9.43. The third-order valence-electron chi connectivity index (χ3n) is 4.51. The van der Waals surface area contributed by atoms with Gasteiger partial charge in [-0.05, 0) is 45.3 Å². The van der Waals surface area contributed by atoms with Crippen molar-refractivity contribution in [3.05, 3.63) is 72.9 Å². The fraction of sp³-hybridized carbons (Fsp3) is 0.217. The molecule has 5 nitrogen and oxygen atoms in total. The van der Waals surface area contributed by atoms with Gasteiger partial charge in [0.05, 0.1) is 5.69 Å². The molecule has 0 aliphatic rings. The Kier molecular flexibility index (Phi) is 5.08. The van der Waals surface area contributed by atoms with Crippen LogP contribution in [0.3, 0.4) is 0 Å². The zero-order valence-corrected chi connectivity index (χ0v) is 16.4. The van der Waals surface area contributed by atoms with Crippen molar-refractivity contribution in [1.29, 1.82) is 0 Å².